The third-order valence-electron chi connectivity index (χ3n) is 3.61. The Morgan fingerprint density at radius 3 is 2.80 bits per heavy atom. The highest BCUT2D eigenvalue weighted by molar-refractivity contribution is 5.91. The zero-order valence-electron chi connectivity index (χ0n) is 14.6. The number of nitrogens with zero attached hydrogens (tertiary/aromatic N) is 1. The Bertz CT molecular complexity index is 593. The highest BCUT2D eigenvalue weighted by atomic mass is 16.5. The van der Waals surface area contributed by atoms with Gasteiger partial charge in [-0.3, -0.25) is 9.59 Å². The Kier molecular flexibility index (Phi) is 7.65. The molecule has 0 bridgehead atoms. The second-order valence-corrected chi connectivity index (χ2v) is 5.51. The van der Waals surface area contributed by atoms with Crippen LogP contribution in [0.15, 0.2) is 18.2 Å². The van der Waals surface area contributed by atoms with Crippen LogP contribution in [0.4, 0.5) is 5.69 Å². The predicted molar refractivity (Wildman–Crippen MR) is 90.6 cm³/mol. The summed E-state index contributed by atoms with van der Waals surface area (Å²) in [6.07, 6.45) is 0. The van der Waals surface area contributed by atoms with Crippen molar-refractivity contribution >= 4 is 17.5 Å². The number of methoxy groups -OCH3 is 2. The van der Waals surface area contributed by atoms with E-state index in [1.807, 2.05) is 0 Å². The van der Waals surface area contributed by atoms with Crippen LogP contribution in [0.25, 0.3) is 0 Å². The molecule has 0 radical (unpaired) electrons. The number of nitrogens with one attached hydrogen (secondary N) is 1. The lowest BCUT2D eigenvalue weighted by atomic mass is 10.1. The summed E-state index contributed by atoms with van der Waals surface area (Å²) in [5.41, 5.74) is 1.47. The average Bonchev–Trinajstić information content (AvgIpc) is 2.80. The maximum absolute atomic E-state index is 12.3. The summed E-state index contributed by atoms with van der Waals surface area (Å²) in [4.78, 5) is 25.6. The van der Waals surface area contributed by atoms with E-state index < -0.39 is 0 Å². The SMILES string of the molecule is COCCOCC(=O)N1CCOc2ccc(NC(=O)COC)cc2C1. The summed E-state index contributed by atoms with van der Waals surface area (Å²) in [5, 5.41) is 2.74. The summed E-state index contributed by atoms with van der Waals surface area (Å²) >= 11 is 0. The molecule has 0 saturated carbocycles. The van der Waals surface area contributed by atoms with Crippen LogP contribution in [0, 0.1) is 0 Å². The maximum atomic E-state index is 12.3. The molecular formula is C17H24N2O6. The second kappa shape index (κ2) is 9.97. The van der Waals surface area contributed by atoms with Gasteiger partial charge < -0.3 is 29.2 Å². The summed E-state index contributed by atoms with van der Waals surface area (Å²) in [7, 11) is 3.04. The van der Waals surface area contributed by atoms with Gasteiger partial charge in [-0.25, -0.2) is 0 Å². The zero-order valence-corrected chi connectivity index (χ0v) is 14.6. The molecule has 1 heterocycles. The van der Waals surface area contributed by atoms with E-state index in [1.165, 1.54) is 7.11 Å². The molecule has 1 aliphatic rings. The fourth-order valence-corrected chi connectivity index (χ4v) is 2.41. The highest BCUT2D eigenvalue weighted by Gasteiger charge is 2.20. The lowest BCUT2D eigenvalue weighted by molar-refractivity contribution is -0.137. The summed E-state index contributed by atoms with van der Waals surface area (Å²) < 4.78 is 20.7. The van der Waals surface area contributed by atoms with Crippen LogP contribution in [0.3, 0.4) is 0 Å². The lowest BCUT2D eigenvalue weighted by Gasteiger charge is -2.20. The van der Waals surface area contributed by atoms with Crippen molar-refractivity contribution in [2.75, 3.05) is 59.1 Å². The predicted octanol–water partition coefficient (Wildman–Crippen LogP) is 0.655. The molecule has 2 amide bonds. The molecule has 2 rings (SSSR count). The molecule has 0 saturated heterocycles. The summed E-state index contributed by atoms with van der Waals surface area (Å²) in [6.45, 7) is 2.09. The molecule has 0 spiro atoms. The van der Waals surface area contributed by atoms with Gasteiger partial charge in [0.25, 0.3) is 0 Å². The van der Waals surface area contributed by atoms with E-state index in [1.54, 1.807) is 30.2 Å². The van der Waals surface area contributed by atoms with Crippen LogP contribution < -0.4 is 10.1 Å². The van der Waals surface area contributed by atoms with Gasteiger partial charge in [-0.1, -0.05) is 0 Å². The molecule has 0 aromatic heterocycles. The van der Waals surface area contributed by atoms with Crippen LogP contribution in [0.2, 0.25) is 0 Å². The number of carbonyl (C=O) groups is 2. The first-order valence-electron chi connectivity index (χ1n) is 8.03. The minimum Gasteiger partial charge on any atom is -0.491 e. The number of anilines is 1. The van der Waals surface area contributed by atoms with Crippen LogP contribution in [0.1, 0.15) is 5.56 Å². The van der Waals surface area contributed by atoms with E-state index in [9.17, 15) is 9.59 Å². The minimum atomic E-state index is -0.239. The van der Waals surface area contributed by atoms with Crippen LogP contribution in [-0.4, -0.2) is 70.5 Å². The van der Waals surface area contributed by atoms with E-state index in [0.29, 0.717) is 44.3 Å². The van der Waals surface area contributed by atoms with Gasteiger partial charge in [0.15, 0.2) is 0 Å². The molecule has 138 valence electrons. The first-order chi connectivity index (χ1) is 12.1. The van der Waals surface area contributed by atoms with Crippen molar-refractivity contribution < 1.29 is 28.5 Å². The van der Waals surface area contributed by atoms with E-state index in [0.717, 1.165) is 5.56 Å². The molecule has 1 aliphatic heterocycles. The minimum absolute atomic E-state index is 0.00294. The van der Waals surface area contributed by atoms with Crippen molar-refractivity contribution in [1.29, 1.82) is 0 Å². The quantitative estimate of drug-likeness (QED) is 0.692. The van der Waals surface area contributed by atoms with Gasteiger partial charge in [0.1, 0.15) is 25.6 Å². The van der Waals surface area contributed by atoms with Gasteiger partial charge in [-0.2, -0.15) is 0 Å². The molecule has 8 heteroatoms. The topological polar surface area (TPSA) is 86.3 Å². The number of hydrogen-bond donors (Lipinski definition) is 1. The largest absolute Gasteiger partial charge is 0.491 e. The van der Waals surface area contributed by atoms with Gasteiger partial charge in [-0.05, 0) is 18.2 Å². The van der Waals surface area contributed by atoms with Crippen LogP contribution in [-0.2, 0) is 30.3 Å². The lowest BCUT2D eigenvalue weighted by Crippen LogP contribution is -2.35. The molecule has 8 nitrogen and oxygen atoms in total. The van der Waals surface area contributed by atoms with Gasteiger partial charge in [0, 0.05) is 32.0 Å². The van der Waals surface area contributed by atoms with E-state index in [2.05, 4.69) is 5.32 Å². The number of fused-ring (bicyclic) bond motifs is 1. The number of amides is 2. The smallest absolute Gasteiger partial charge is 0.250 e. The van der Waals surface area contributed by atoms with Crippen molar-refractivity contribution in [3.63, 3.8) is 0 Å². The number of rotatable bonds is 8. The molecule has 0 atom stereocenters. The number of carbonyl (C=O) groups excluding carboxylic acids is 2. The van der Waals surface area contributed by atoms with Crippen molar-refractivity contribution in [2.45, 2.75) is 6.54 Å². The Balaban J connectivity index is 1.99. The standard InChI is InChI=1S/C17H24N2O6/c1-22-7-8-24-12-17(21)19-5-6-25-15-4-3-14(9-13(15)10-19)18-16(20)11-23-2/h3-4,9H,5-8,10-12H2,1-2H3,(H,18,20). The molecule has 0 unspecified atom stereocenters. The third-order valence-corrected chi connectivity index (χ3v) is 3.61. The monoisotopic (exact) mass is 352 g/mol. The number of ether oxygens (including phenoxy) is 4. The van der Waals surface area contributed by atoms with Gasteiger partial charge in [0.2, 0.25) is 11.8 Å². The molecule has 25 heavy (non-hydrogen) atoms. The zero-order chi connectivity index (χ0) is 18.1. The van der Waals surface area contributed by atoms with Gasteiger partial charge in [-0.15, -0.1) is 0 Å². The summed E-state index contributed by atoms with van der Waals surface area (Å²) in [6, 6.07) is 5.36. The number of hydrogen-bond acceptors (Lipinski definition) is 6. The second-order valence-electron chi connectivity index (χ2n) is 5.51. The van der Waals surface area contributed by atoms with Gasteiger partial charge >= 0.3 is 0 Å². The maximum Gasteiger partial charge on any atom is 0.250 e. The first kappa shape index (κ1) is 19.2. The van der Waals surface area contributed by atoms with Crippen molar-refractivity contribution in [2.24, 2.45) is 0 Å². The molecular weight excluding hydrogens is 328 g/mol. The highest BCUT2D eigenvalue weighted by Crippen LogP contribution is 2.26. The van der Waals surface area contributed by atoms with E-state index in [4.69, 9.17) is 18.9 Å². The molecule has 1 N–H and O–H groups in total. The van der Waals surface area contributed by atoms with E-state index in [-0.39, 0.29) is 25.0 Å². The Hall–Kier alpha value is -2.16. The van der Waals surface area contributed by atoms with Crippen molar-refractivity contribution in [3.05, 3.63) is 23.8 Å². The summed E-state index contributed by atoms with van der Waals surface area (Å²) in [5.74, 6) is 0.359. The molecule has 1 aromatic rings. The van der Waals surface area contributed by atoms with Crippen LogP contribution in [0.5, 0.6) is 5.75 Å². The third kappa shape index (κ3) is 6.00. The number of benzene rings is 1. The van der Waals surface area contributed by atoms with Crippen LogP contribution >= 0.6 is 0 Å². The normalized spacial score (nSPS) is 13.6. The Labute approximate surface area is 147 Å². The molecule has 1 aromatic carbocycles. The van der Waals surface area contributed by atoms with E-state index >= 15 is 0 Å². The average molecular weight is 352 g/mol. The first-order valence-corrected chi connectivity index (χ1v) is 8.03. The fraction of sp³-hybridized carbons (Fsp3) is 0.529. The molecule has 0 aliphatic carbocycles. The van der Waals surface area contributed by atoms with Crippen molar-refractivity contribution in [1.82, 2.24) is 4.90 Å². The van der Waals surface area contributed by atoms with Crippen molar-refractivity contribution in [3.8, 4) is 5.75 Å². The Morgan fingerprint density at radius 1 is 1.20 bits per heavy atom. The fourth-order valence-electron chi connectivity index (χ4n) is 2.41. The molecule has 0 fully saturated rings. The van der Waals surface area contributed by atoms with Gasteiger partial charge in [0.05, 0.1) is 19.8 Å². The Morgan fingerprint density at radius 2 is 2.04 bits per heavy atom.